The Kier molecular flexibility index (Phi) is 11.2. The number of carbonyl (C=O) groups is 1. The lowest BCUT2D eigenvalue weighted by Gasteiger charge is -2.23. The number of methoxy groups -OCH3 is 2. The molecule has 0 amide bonds. The molecule has 0 bridgehead atoms. The van der Waals surface area contributed by atoms with Crippen LogP contribution in [0.25, 0.3) is 11.2 Å². The molecule has 2 aromatic heterocycles. The number of imidazole rings is 1. The molecule has 0 saturated carbocycles. The van der Waals surface area contributed by atoms with Crippen molar-refractivity contribution in [3.8, 4) is 11.5 Å². The van der Waals surface area contributed by atoms with Crippen molar-refractivity contribution in [2.24, 2.45) is 0 Å². The van der Waals surface area contributed by atoms with Crippen LogP contribution >= 0.6 is 23.5 Å². The second-order valence-electron chi connectivity index (χ2n) is 10.4. The fourth-order valence-electron chi connectivity index (χ4n) is 4.77. The van der Waals surface area contributed by atoms with E-state index < -0.39 is 66.5 Å². The summed E-state index contributed by atoms with van der Waals surface area (Å²) in [6.45, 7) is -1.02. The Bertz CT molecular complexity index is 1980. The minimum atomic E-state index is -6.02. The maximum absolute atomic E-state index is 13.4. The van der Waals surface area contributed by atoms with E-state index in [1.165, 1.54) is 67.6 Å². The van der Waals surface area contributed by atoms with Gasteiger partial charge in [-0.1, -0.05) is 30.3 Å². The summed E-state index contributed by atoms with van der Waals surface area (Å²) in [6.07, 6.45) is -5.95. The Balaban J connectivity index is 1.27. The highest BCUT2D eigenvalue weighted by Gasteiger charge is 2.48. The smallest absolute Gasteiger partial charge is 0.490 e. The molecule has 0 aliphatic carbocycles. The monoisotopic (exact) mass is 761 g/mol. The van der Waals surface area contributed by atoms with Gasteiger partial charge in [-0.05, 0) is 17.7 Å². The first-order valence-electron chi connectivity index (χ1n) is 14.0. The molecule has 270 valence electrons. The SMILES string of the molecule is COc1cc(OC)cc(C(OP(=O)(O)OP(=O)(O)OP(=O)(O)OC[C@H]2O[C@@H](n3cnc4c(N)ncnc43)[C@H](O)[C@@H]2O)C(=O)c2ccccc2)c1. The molecule has 1 fully saturated rings. The van der Waals surface area contributed by atoms with E-state index >= 15 is 0 Å². The topological polar surface area (TPSA) is 304 Å². The molecule has 1 saturated heterocycles. The normalized spacial score (nSPS) is 23.4. The molecule has 3 heterocycles. The average Bonchev–Trinajstić information content (AvgIpc) is 3.62. The van der Waals surface area contributed by atoms with E-state index in [0.29, 0.717) is 0 Å². The van der Waals surface area contributed by atoms with E-state index in [2.05, 4.69) is 28.1 Å². The van der Waals surface area contributed by atoms with Crippen LogP contribution in [0.2, 0.25) is 0 Å². The van der Waals surface area contributed by atoms with Crippen molar-refractivity contribution < 1.29 is 75.3 Å². The predicted octanol–water partition coefficient (Wildman–Crippen LogP) is 2.04. The molecule has 24 heteroatoms. The van der Waals surface area contributed by atoms with Gasteiger partial charge in [-0.2, -0.15) is 8.62 Å². The Morgan fingerprint density at radius 3 is 2.20 bits per heavy atom. The fraction of sp³-hybridized carbons (Fsp3) is 0.308. The lowest BCUT2D eigenvalue weighted by atomic mass is 9.99. The van der Waals surface area contributed by atoms with Gasteiger partial charge in [0.15, 0.2) is 29.6 Å². The Morgan fingerprint density at radius 1 is 0.920 bits per heavy atom. The largest absolute Gasteiger partial charge is 0.497 e. The minimum absolute atomic E-state index is 0.00159. The number of rotatable bonds is 15. The molecule has 8 atom stereocenters. The van der Waals surface area contributed by atoms with Crippen molar-refractivity contribution in [1.82, 2.24) is 19.5 Å². The van der Waals surface area contributed by atoms with Gasteiger partial charge in [-0.25, -0.2) is 28.6 Å². The van der Waals surface area contributed by atoms with Gasteiger partial charge in [0.25, 0.3) is 0 Å². The summed E-state index contributed by atoms with van der Waals surface area (Å²) in [7, 11) is -14.9. The number of aliphatic hydroxyl groups is 2. The number of nitrogens with two attached hydrogens (primary N) is 1. The number of anilines is 1. The van der Waals surface area contributed by atoms with E-state index in [1.807, 2.05) is 0 Å². The number of hydrogen-bond donors (Lipinski definition) is 6. The summed E-state index contributed by atoms with van der Waals surface area (Å²) in [4.78, 5) is 56.0. The zero-order valence-corrected chi connectivity index (χ0v) is 28.5. The number of fused-ring (bicyclic) bond motifs is 1. The van der Waals surface area contributed by atoms with Crippen LogP contribution in [0.1, 0.15) is 28.3 Å². The molecule has 7 N–H and O–H groups in total. The van der Waals surface area contributed by atoms with Crippen LogP contribution in [0.4, 0.5) is 5.82 Å². The molecular formula is C26H30N5O16P3. The number of ketones is 1. The van der Waals surface area contributed by atoms with Crippen molar-refractivity contribution in [1.29, 1.82) is 0 Å². The maximum Gasteiger partial charge on any atom is 0.490 e. The second-order valence-corrected chi connectivity index (χ2v) is 14.9. The van der Waals surface area contributed by atoms with Crippen LogP contribution < -0.4 is 15.2 Å². The highest BCUT2D eigenvalue weighted by Crippen LogP contribution is 2.68. The molecule has 0 radical (unpaired) electrons. The lowest BCUT2D eigenvalue weighted by Crippen LogP contribution is -2.33. The van der Waals surface area contributed by atoms with Gasteiger partial charge >= 0.3 is 23.5 Å². The van der Waals surface area contributed by atoms with E-state index in [-0.39, 0.29) is 39.6 Å². The number of carbonyl (C=O) groups excluding carboxylic acids is 1. The van der Waals surface area contributed by atoms with Crippen molar-refractivity contribution in [3.63, 3.8) is 0 Å². The average molecular weight is 761 g/mol. The summed E-state index contributed by atoms with van der Waals surface area (Å²) in [5.74, 6) is -0.597. The van der Waals surface area contributed by atoms with E-state index in [4.69, 9.17) is 24.5 Å². The van der Waals surface area contributed by atoms with Crippen LogP contribution in [0, 0.1) is 0 Å². The number of aliphatic hydroxyl groups excluding tert-OH is 2. The molecule has 0 spiro atoms. The number of phosphoric ester groups is 2. The number of nitrogens with zero attached hydrogens (tertiary/aromatic N) is 4. The van der Waals surface area contributed by atoms with Crippen LogP contribution in [-0.4, -0.2) is 89.3 Å². The summed E-state index contributed by atoms with van der Waals surface area (Å²) in [6, 6.07) is 11.3. The standard InChI is InChI=1S/C26H30N5O16P3/c1-41-16-8-15(9-17(10-16)42-2)23(20(32)14-6-4-3-5-7-14)45-49(37,38)47-50(39,40)46-48(35,36)43-11-18-21(33)22(34)26(44-18)31-13-30-19-24(27)28-12-29-25(19)31/h3-10,12-13,18,21-23,26,33-34H,11H2,1-2H3,(H,35,36)(H,37,38)(H,39,40)(H2,27,28,29)/t18-,21-,22-,23?,26-/m1/s1. The van der Waals surface area contributed by atoms with Crippen molar-refractivity contribution in [3.05, 3.63) is 72.3 Å². The molecule has 1 aliphatic heterocycles. The van der Waals surface area contributed by atoms with Gasteiger partial charge in [0, 0.05) is 11.6 Å². The van der Waals surface area contributed by atoms with Gasteiger partial charge in [0.2, 0.25) is 0 Å². The lowest BCUT2D eigenvalue weighted by molar-refractivity contribution is -0.0503. The summed E-state index contributed by atoms with van der Waals surface area (Å²) in [5, 5.41) is 21.1. The Hall–Kier alpha value is -3.65. The number of Topliss-reactive ketones (excluding diaryl/α,β-unsaturated/α-hetero) is 1. The molecule has 1 aliphatic rings. The predicted molar refractivity (Wildman–Crippen MR) is 167 cm³/mol. The molecule has 21 nitrogen and oxygen atoms in total. The third kappa shape index (κ3) is 8.62. The second kappa shape index (κ2) is 14.9. The van der Waals surface area contributed by atoms with Gasteiger partial charge in [-0.15, -0.1) is 0 Å². The zero-order chi connectivity index (χ0) is 36.4. The number of nitrogen functional groups attached to an aromatic ring is 1. The minimum Gasteiger partial charge on any atom is -0.497 e. The van der Waals surface area contributed by atoms with Crippen LogP contribution in [0.5, 0.6) is 11.5 Å². The van der Waals surface area contributed by atoms with Crippen LogP contribution in [0.15, 0.2) is 61.2 Å². The number of aromatic nitrogens is 4. The summed E-state index contributed by atoms with van der Waals surface area (Å²) >= 11 is 0. The number of phosphoric acid groups is 3. The zero-order valence-electron chi connectivity index (χ0n) is 25.8. The van der Waals surface area contributed by atoms with Crippen LogP contribution in [0.3, 0.4) is 0 Å². The number of benzene rings is 2. The third-order valence-corrected chi connectivity index (χ3v) is 11.3. The molecule has 4 unspecified atom stereocenters. The van der Waals surface area contributed by atoms with E-state index in [1.54, 1.807) is 6.07 Å². The Morgan fingerprint density at radius 2 is 1.56 bits per heavy atom. The highest BCUT2D eigenvalue weighted by atomic mass is 31.3. The van der Waals surface area contributed by atoms with Gasteiger partial charge in [0.1, 0.15) is 41.7 Å². The first-order valence-corrected chi connectivity index (χ1v) is 18.5. The fourth-order valence-corrected chi connectivity index (χ4v) is 8.40. The summed E-state index contributed by atoms with van der Waals surface area (Å²) < 4.78 is 73.5. The summed E-state index contributed by atoms with van der Waals surface area (Å²) in [5.41, 5.74) is 5.94. The Labute approximate surface area is 282 Å². The number of hydrogen-bond acceptors (Lipinski definition) is 17. The van der Waals surface area contributed by atoms with Crippen molar-refractivity contribution >= 4 is 46.2 Å². The van der Waals surface area contributed by atoms with Crippen molar-refractivity contribution in [2.45, 2.75) is 30.6 Å². The quantitative estimate of drug-likeness (QED) is 0.0745. The van der Waals surface area contributed by atoms with Crippen molar-refractivity contribution in [2.75, 3.05) is 26.6 Å². The first kappa shape index (κ1) is 37.6. The van der Waals surface area contributed by atoms with E-state index in [0.717, 1.165) is 6.33 Å². The van der Waals surface area contributed by atoms with E-state index in [9.17, 15) is 43.4 Å². The molecular weight excluding hydrogens is 731 g/mol. The van der Waals surface area contributed by atoms with Gasteiger partial charge in [-0.3, -0.25) is 18.4 Å². The molecule has 50 heavy (non-hydrogen) atoms. The molecule has 4 aromatic rings. The molecule has 2 aromatic carbocycles. The van der Waals surface area contributed by atoms with Crippen LogP contribution in [-0.2, 0) is 36.1 Å². The molecule has 5 rings (SSSR count). The van der Waals surface area contributed by atoms with Gasteiger partial charge < -0.3 is 44.8 Å². The third-order valence-electron chi connectivity index (χ3n) is 7.02. The first-order chi connectivity index (χ1) is 23.5. The van der Waals surface area contributed by atoms with Gasteiger partial charge in [0.05, 0.1) is 27.2 Å². The maximum atomic E-state index is 13.4. The highest BCUT2D eigenvalue weighted by molar-refractivity contribution is 7.66. The number of ether oxygens (including phenoxy) is 3.